The molecule has 2 rings (SSSR count). The fraction of sp³-hybridized carbons (Fsp3) is 0.643. The van der Waals surface area contributed by atoms with Crippen LogP contribution >= 0.6 is 11.3 Å². The van der Waals surface area contributed by atoms with E-state index in [1.165, 1.54) is 5.56 Å². The molecule has 0 saturated carbocycles. The van der Waals surface area contributed by atoms with Crippen molar-refractivity contribution in [1.29, 1.82) is 0 Å². The zero-order valence-corrected chi connectivity index (χ0v) is 12.7. The number of carbonyl (C=O) groups excluding carboxylic acids is 1. The van der Waals surface area contributed by atoms with Gasteiger partial charge in [-0.05, 0) is 56.3 Å². The summed E-state index contributed by atoms with van der Waals surface area (Å²) < 4.78 is 0. The first-order chi connectivity index (χ1) is 9.09. The molecule has 106 valence electrons. The van der Waals surface area contributed by atoms with Gasteiger partial charge in [0.05, 0.1) is 6.54 Å². The van der Waals surface area contributed by atoms with E-state index in [0.29, 0.717) is 12.6 Å². The molecule has 19 heavy (non-hydrogen) atoms. The van der Waals surface area contributed by atoms with Gasteiger partial charge in [-0.15, -0.1) is 0 Å². The van der Waals surface area contributed by atoms with Gasteiger partial charge in [-0.2, -0.15) is 11.3 Å². The van der Waals surface area contributed by atoms with Crippen LogP contribution in [-0.4, -0.2) is 48.4 Å². The molecule has 0 spiro atoms. The Morgan fingerprint density at radius 1 is 1.58 bits per heavy atom. The molecule has 2 heterocycles. The predicted octanol–water partition coefficient (Wildman–Crippen LogP) is 1.91. The first-order valence-corrected chi connectivity index (χ1v) is 7.79. The van der Waals surface area contributed by atoms with Crippen LogP contribution < -0.4 is 5.32 Å². The molecule has 1 saturated heterocycles. The minimum atomic E-state index is 0.0723. The normalized spacial score (nSPS) is 19.9. The maximum Gasteiger partial charge on any atom is 0.238 e. The largest absolute Gasteiger partial charge is 0.322 e. The Morgan fingerprint density at radius 3 is 3.00 bits per heavy atom. The number of rotatable bonds is 6. The minimum Gasteiger partial charge on any atom is -0.322 e. The van der Waals surface area contributed by atoms with Crippen molar-refractivity contribution in [3.63, 3.8) is 0 Å². The first kappa shape index (κ1) is 14.5. The quantitative estimate of drug-likeness (QED) is 0.865. The van der Waals surface area contributed by atoms with Gasteiger partial charge in [-0.3, -0.25) is 10.1 Å². The Labute approximate surface area is 119 Å². The van der Waals surface area contributed by atoms with Crippen LogP contribution in [0.1, 0.15) is 32.0 Å². The molecule has 1 fully saturated rings. The SMILES string of the molecule is CC(C)N(C)CCCN1C(=O)CNC1c1ccsc1. The first-order valence-electron chi connectivity index (χ1n) is 6.85. The highest BCUT2D eigenvalue weighted by Gasteiger charge is 2.31. The Morgan fingerprint density at radius 2 is 2.37 bits per heavy atom. The molecule has 4 nitrogen and oxygen atoms in total. The number of carbonyl (C=O) groups is 1. The summed E-state index contributed by atoms with van der Waals surface area (Å²) in [6, 6.07) is 2.65. The van der Waals surface area contributed by atoms with Gasteiger partial charge in [0.1, 0.15) is 6.17 Å². The molecule has 1 N–H and O–H groups in total. The van der Waals surface area contributed by atoms with E-state index >= 15 is 0 Å². The third-order valence-corrected chi connectivity index (χ3v) is 4.43. The van der Waals surface area contributed by atoms with Crippen LogP contribution in [0.4, 0.5) is 0 Å². The molecule has 0 bridgehead atoms. The number of amides is 1. The fourth-order valence-corrected chi connectivity index (χ4v) is 2.95. The molecule has 5 heteroatoms. The van der Waals surface area contributed by atoms with Crippen molar-refractivity contribution in [3.05, 3.63) is 22.4 Å². The summed E-state index contributed by atoms with van der Waals surface area (Å²) >= 11 is 1.68. The predicted molar refractivity (Wildman–Crippen MR) is 79.2 cm³/mol. The molecular weight excluding hydrogens is 258 g/mol. The van der Waals surface area contributed by atoms with Gasteiger partial charge < -0.3 is 9.80 Å². The summed E-state index contributed by atoms with van der Waals surface area (Å²) in [4.78, 5) is 16.2. The second kappa shape index (κ2) is 6.50. The zero-order valence-electron chi connectivity index (χ0n) is 11.9. The van der Waals surface area contributed by atoms with Crippen LogP contribution in [-0.2, 0) is 4.79 Å². The molecule has 1 unspecified atom stereocenters. The molecular formula is C14H23N3OS. The lowest BCUT2D eigenvalue weighted by atomic mass is 10.2. The average molecular weight is 281 g/mol. The lowest BCUT2D eigenvalue weighted by Crippen LogP contribution is -2.34. The van der Waals surface area contributed by atoms with Crippen molar-refractivity contribution in [1.82, 2.24) is 15.1 Å². The molecule has 0 aromatic carbocycles. The van der Waals surface area contributed by atoms with Gasteiger partial charge in [0.15, 0.2) is 0 Å². The van der Waals surface area contributed by atoms with Gasteiger partial charge >= 0.3 is 0 Å². The summed E-state index contributed by atoms with van der Waals surface area (Å²) in [7, 11) is 2.13. The topological polar surface area (TPSA) is 35.6 Å². The van der Waals surface area contributed by atoms with E-state index in [1.54, 1.807) is 11.3 Å². The molecule has 0 radical (unpaired) electrons. The number of thiophene rings is 1. The van der Waals surface area contributed by atoms with Gasteiger partial charge in [0, 0.05) is 12.6 Å². The van der Waals surface area contributed by atoms with Crippen LogP contribution in [0.25, 0.3) is 0 Å². The second-order valence-electron chi connectivity index (χ2n) is 5.36. The maximum atomic E-state index is 11.9. The molecule has 1 aromatic heterocycles. The summed E-state index contributed by atoms with van der Waals surface area (Å²) in [6.07, 6.45) is 1.09. The molecule has 0 aliphatic carbocycles. The maximum absolute atomic E-state index is 11.9. The average Bonchev–Trinajstić information content (AvgIpc) is 2.99. The summed E-state index contributed by atoms with van der Waals surface area (Å²) in [5.74, 6) is 0.211. The Bertz CT molecular complexity index is 405. The van der Waals surface area contributed by atoms with E-state index in [1.807, 2.05) is 4.90 Å². The van der Waals surface area contributed by atoms with Gasteiger partial charge in [-0.25, -0.2) is 0 Å². The third kappa shape index (κ3) is 3.55. The molecule has 1 aliphatic rings. The van der Waals surface area contributed by atoms with Gasteiger partial charge in [0.25, 0.3) is 0 Å². The highest BCUT2D eigenvalue weighted by atomic mass is 32.1. The number of hydrogen-bond acceptors (Lipinski definition) is 4. The zero-order chi connectivity index (χ0) is 13.8. The Balaban J connectivity index is 1.88. The molecule has 1 atom stereocenters. The minimum absolute atomic E-state index is 0.0723. The summed E-state index contributed by atoms with van der Waals surface area (Å²) in [6.45, 7) is 6.69. The van der Waals surface area contributed by atoms with Crippen LogP contribution in [0.2, 0.25) is 0 Å². The molecule has 1 amide bonds. The summed E-state index contributed by atoms with van der Waals surface area (Å²) in [5, 5.41) is 7.46. The monoisotopic (exact) mass is 281 g/mol. The van der Waals surface area contributed by atoms with E-state index in [2.05, 4.69) is 47.9 Å². The smallest absolute Gasteiger partial charge is 0.238 e. The van der Waals surface area contributed by atoms with Crippen LogP contribution in [0.3, 0.4) is 0 Å². The van der Waals surface area contributed by atoms with Crippen molar-refractivity contribution in [2.24, 2.45) is 0 Å². The van der Waals surface area contributed by atoms with E-state index in [0.717, 1.165) is 19.5 Å². The Hall–Kier alpha value is -0.910. The second-order valence-corrected chi connectivity index (χ2v) is 6.14. The molecule has 1 aromatic rings. The highest BCUT2D eigenvalue weighted by Crippen LogP contribution is 2.24. The van der Waals surface area contributed by atoms with E-state index < -0.39 is 0 Å². The highest BCUT2D eigenvalue weighted by molar-refractivity contribution is 7.07. The Kier molecular flexibility index (Phi) is 4.96. The van der Waals surface area contributed by atoms with E-state index in [9.17, 15) is 4.79 Å². The van der Waals surface area contributed by atoms with Crippen molar-refractivity contribution in [2.45, 2.75) is 32.5 Å². The van der Waals surface area contributed by atoms with E-state index in [-0.39, 0.29) is 12.1 Å². The van der Waals surface area contributed by atoms with Crippen molar-refractivity contribution < 1.29 is 4.79 Å². The van der Waals surface area contributed by atoms with Crippen molar-refractivity contribution >= 4 is 17.2 Å². The number of nitrogens with one attached hydrogen (secondary N) is 1. The van der Waals surface area contributed by atoms with Crippen LogP contribution in [0, 0.1) is 0 Å². The van der Waals surface area contributed by atoms with Crippen molar-refractivity contribution in [3.8, 4) is 0 Å². The van der Waals surface area contributed by atoms with Gasteiger partial charge in [-0.1, -0.05) is 0 Å². The van der Waals surface area contributed by atoms with E-state index in [4.69, 9.17) is 0 Å². The number of nitrogens with zero attached hydrogens (tertiary/aromatic N) is 2. The van der Waals surface area contributed by atoms with Crippen LogP contribution in [0.15, 0.2) is 16.8 Å². The lowest BCUT2D eigenvalue weighted by molar-refractivity contribution is -0.128. The van der Waals surface area contributed by atoms with Crippen molar-refractivity contribution in [2.75, 3.05) is 26.7 Å². The van der Waals surface area contributed by atoms with Gasteiger partial charge in [0.2, 0.25) is 5.91 Å². The lowest BCUT2D eigenvalue weighted by Gasteiger charge is -2.26. The standard InChI is InChI=1S/C14H23N3OS/c1-11(2)16(3)6-4-7-17-13(18)9-15-14(17)12-5-8-19-10-12/h5,8,10-11,14-15H,4,6-7,9H2,1-3H3. The summed E-state index contributed by atoms with van der Waals surface area (Å²) in [5.41, 5.74) is 1.20. The third-order valence-electron chi connectivity index (χ3n) is 3.73. The number of hydrogen-bond donors (Lipinski definition) is 1. The fourth-order valence-electron chi connectivity index (χ4n) is 2.27. The molecule has 1 aliphatic heterocycles. The van der Waals surface area contributed by atoms with Crippen LogP contribution in [0.5, 0.6) is 0 Å².